The fraction of sp³-hybridized carbons (Fsp3) is 0.750. The summed E-state index contributed by atoms with van der Waals surface area (Å²) in [5, 5.41) is 2.63. The van der Waals surface area contributed by atoms with E-state index in [0.29, 0.717) is 6.42 Å². The minimum Gasteiger partial charge on any atom is -0.346 e. The molecule has 0 aromatic heterocycles. The highest BCUT2D eigenvalue weighted by Gasteiger charge is 2.30. The number of aldehydes is 1. The zero-order valence-corrected chi connectivity index (χ0v) is 6.67. The molecule has 1 amide bonds. The number of carbonyl (C=O) groups excluding carboxylic acids is 2. The molecule has 1 N–H and O–H groups in total. The lowest BCUT2D eigenvalue weighted by Gasteiger charge is -2.10. The predicted octanol–water partition coefficient (Wildman–Crippen LogP) is 0.490. The lowest BCUT2D eigenvalue weighted by molar-refractivity contribution is -0.120. The molecule has 0 aromatic carbocycles. The van der Waals surface area contributed by atoms with Gasteiger partial charge in [0.05, 0.1) is 6.04 Å². The fourth-order valence-electron chi connectivity index (χ4n) is 1.53. The second kappa shape index (κ2) is 3.51. The van der Waals surface area contributed by atoms with Gasteiger partial charge in [-0.2, -0.15) is 0 Å². The third-order valence-electron chi connectivity index (χ3n) is 2.09. The van der Waals surface area contributed by atoms with Gasteiger partial charge < -0.3 is 10.1 Å². The van der Waals surface area contributed by atoms with Crippen LogP contribution in [0.3, 0.4) is 0 Å². The third-order valence-corrected chi connectivity index (χ3v) is 2.09. The second-order valence-electron chi connectivity index (χ2n) is 2.98. The molecular weight excluding hydrogens is 142 g/mol. The zero-order valence-electron chi connectivity index (χ0n) is 6.67. The van der Waals surface area contributed by atoms with Crippen molar-refractivity contribution in [2.45, 2.75) is 32.2 Å². The van der Waals surface area contributed by atoms with Gasteiger partial charge in [-0.05, 0) is 12.3 Å². The van der Waals surface area contributed by atoms with Gasteiger partial charge in [-0.1, -0.05) is 13.3 Å². The molecule has 1 heterocycles. The van der Waals surface area contributed by atoms with Crippen LogP contribution in [-0.4, -0.2) is 18.2 Å². The molecule has 1 aliphatic heterocycles. The van der Waals surface area contributed by atoms with Crippen molar-refractivity contribution in [1.82, 2.24) is 5.32 Å². The van der Waals surface area contributed by atoms with Crippen LogP contribution in [0.4, 0.5) is 0 Å². The van der Waals surface area contributed by atoms with Gasteiger partial charge in [0.15, 0.2) is 0 Å². The molecule has 1 fully saturated rings. The number of rotatable bonds is 3. The molecular formula is C8H13NO2. The maximum absolute atomic E-state index is 10.8. The first kappa shape index (κ1) is 8.24. The van der Waals surface area contributed by atoms with Crippen LogP contribution in [0.15, 0.2) is 0 Å². The van der Waals surface area contributed by atoms with E-state index in [2.05, 4.69) is 12.2 Å². The fourth-order valence-corrected chi connectivity index (χ4v) is 1.53. The maximum Gasteiger partial charge on any atom is 0.220 e. The Bertz CT molecular complexity index is 167. The quantitative estimate of drug-likeness (QED) is 0.603. The second-order valence-corrected chi connectivity index (χ2v) is 2.98. The van der Waals surface area contributed by atoms with Gasteiger partial charge in [-0.3, -0.25) is 4.79 Å². The first-order chi connectivity index (χ1) is 5.27. The molecule has 0 bridgehead atoms. The molecule has 11 heavy (non-hydrogen) atoms. The highest BCUT2D eigenvalue weighted by molar-refractivity contribution is 5.83. The zero-order chi connectivity index (χ0) is 8.27. The SMILES string of the molecule is CCCC1CC(=O)N[C@@H]1C=O. The third kappa shape index (κ3) is 1.79. The van der Waals surface area contributed by atoms with Gasteiger partial charge in [0.2, 0.25) is 5.91 Å². The number of hydrogen-bond acceptors (Lipinski definition) is 2. The molecule has 3 heteroatoms. The van der Waals surface area contributed by atoms with Crippen molar-refractivity contribution in [1.29, 1.82) is 0 Å². The number of amides is 1. The van der Waals surface area contributed by atoms with Crippen molar-refractivity contribution >= 4 is 12.2 Å². The summed E-state index contributed by atoms with van der Waals surface area (Å²) in [5.74, 6) is 0.255. The Kier molecular flexibility index (Phi) is 2.63. The first-order valence-corrected chi connectivity index (χ1v) is 4.02. The lowest BCUT2D eigenvalue weighted by atomic mass is 9.96. The normalized spacial score (nSPS) is 30.1. The van der Waals surface area contributed by atoms with Crippen molar-refractivity contribution in [3.05, 3.63) is 0 Å². The molecule has 0 aromatic rings. The van der Waals surface area contributed by atoms with Crippen molar-refractivity contribution in [3.8, 4) is 0 Å². The van der Waals surface area contributed by atoms with Crippen LogP contribution in [-0.2, 0) is 9.59 Å². The van der Waals surface area contributed by atoms with Crippen molar-refractivity contribution < 1.29 is 9.59 Å². The Labute approximate surface area is 66.2 Å². The Morgan fingerprint density at radius 1 is 1.73 bits per heavy atom. The summed E-state index contributed by atoms with van der Waals surface area (Å²) in [4.78, 5) is 21.3. The monoisotopic (exact) mass is 155 g/mol. The van der Waals surface area contributed by atoms with E-state index in [4.69, 9.17) is 0 Å². The Morgan fingerprint density at radius 3 is 3.00 bits per heavy atom. The maximum atomic E-state index is 10.8. The number of nitrogens with one attached hydrogen (secondary N) is 1. The molecule has 0 saturated carbocycles. The Hall–Kier alpha value is -0.860. The summed E-state index contributed by atoms with van der Waals surface area (Å²) in [6.07, 6.45) is 3.36. The van der Waals surface area contributed by atoms with E-state index in [-0.39, 0.29) is 17.9 Å². The molecule has 1 unspecified atom stereocenters. The molecule has 3 nitrogen and oxygen atoms in total. The number of hydrogen-bond donors (Lipinski definition) is 1. The van der Waals surface area contributed by atoms with Gasteiger partial charge in [0.25, 0.3) is 0 Å². The number of carbonyl (C=O) groups is 2. The van der Waals surface area contributed by atoms with Gasteiger partial charge >= 0.3 is 0 Å². The van der Waals surface area contributed by atoms with E-state index >= 15 is 0 Å². The van der Waals surface area contributed by atoms with Crippen LogP contribution < -0.4 is 5.32 Å². The Morgan fingerprint density at radius 2 is 2.45 bits per heavy atom. The van der Waals surface area contributed by atoms with E-state index in [1.54, 1.807) is 0 Å². The minimum atomic E-state index is -0.220. The summed E-state index contributed by atoms with van der Waals surface area (Å²) in [6, 6.07) is -0.220. The van der Waals surface area contributed by atoms with E-state index < -0.39 is 0 Å². The molecule has 1 aliphatic rings. The molecule has 0 radical (unpaired) electrons. The summed E-state index contributed by atoms with van der Waals surface area (Å²) in [6.45, 7) is 2.06. The van der Waals surface area contributed by atoms with Gasteiger partial charge in [0.1, 0.15) is 6.29 Å². The molecule has 2 atom stereocenters. The average Bonchev–Trinajstić information content (AvgIpc) is 2.32. The largest absolute Gasteiger partial charge is 0.346 e. The highest BCUT2D eigenvalue weighted by atomic mass is 16.2. The van der Waals surface area contributed by atoms with Crippen molar-refractivity contribution in [3.63, 3.8) is 0 Å². The smallest absolute Gasteiger partial charge is 0.220 e. The summed E-state index contributed by atoms with van der Waals surface area (Å²) in [7, 11) is 0. The average molecular weight is 155 g/mol. The van der Waals surface area contributed by atoms with Gasteiger partial charge in [0, 0.05) is 6.42 Å². The van der Waals surface area contributed by atoms with Gasteiger partial charge in [-0.25, -0.2) is 0 Å². The topological polar surface area (TPSA) is 46.2 Å². The molecule has 62 valence electrons. The molecule has 0 spiro atoms. The van der Waals surface area contributed by atoms with E-state index in [1.165, 1.54) is 0 Å². The molecule has 1 rings (SSSR count). The lowest BCUT2D eigenvalue weighted by Crippen LogP contribution is -2.30. The summed E-state index contributed by atoms with van der Waals surface area (Å²) in [5.41, 5.74) is 0. The van der Waals surface area contributed by atoms with E-state index in [9.17, 15) is 9.59 Å². The van der Waals surface area contributed by atoms with Gasteiger partial charge in [-0.15, -0.1) is 0 Å². The Balaban J connectivity index is 2.49. The van der Waals surface area contributed by atoms with Crippen LogP contribution in [0.1, 0.15) is 26.2 Å². The molecule has 1 saturated heterocycles. The van der Waals surface area contributed by atoms with Crippen LogP contribution in [0, 0.1) is 5.92 Å². The van der Waals surface area contributed by atoms with Crippen LogP contribution in [0.25, 0.3) is 0 Å². The summed E-state index contributed by atoms with van der Waals surface area (Å²) < 4.78 is 0. The summed E-state index contributed by atoms with van der Waals surface area (Å²) >= 11 is 0. The van der Waals surface area contributed by atoms with Crippen molar-refractivity contribution in [2.75, 3.05) is 0 Å². The van der Waals surface area contributed by atoms with Crippen LogP contribution in [0.5, 0.6) is 0 Å². The first-order valence-electron chi connectivity index (χ1n) is 4.02. The molecule has 0 aliphatic carbocycles. The van der Waals surface area contributed by atoms with E-state index in [1.807, 2.05) is 0 Å². The van der Waals surface area contributed by atoms with Crippen LogP contribution in [0.2, 0.25) is 0 Å². The minimum absolute atomic E-state index is 0.0144. The van der Waals surface area contributed by atoms with Crippen LogP contribution >= 0.6 is 0 Å². The predicted molar refractivity (Wildman–Crippen MR) is 41.0 cm³/mol. The van der Waals surface area contributed by atoms with Crippen molar-refractivity contribution in [2.24, 2.45) is 5.92 Å². The standard InChI is InChI=1S/C8H13NO2/c1-2-3-6-4-8(11)9-7(6)5-10/h5-7H,2-4H2,1H3,(H,9,11)/t6?,7-/m1/s1. The highest BCUT2D eigenvalue weighted by Crippen LogP contribution is 2.20. The van der Waals surface area contributed by atoms with E-state index in [0.717, 1.165) is 19.1 Å².